The average Bonchev–Trinajstić information content (AvgIpc) is 2.75. The van der Waals surface area contributed by atoms with E-state index in [1.54, 1.807) is 0 Å². The summed E-state index contributed by atoms with van der Waals surface area (Å²) < 4.78 is 3.22. The first-order valence-corrected chi connectivity index (χ1v) is 8.50. The van der Waals surface area contributed by atoms with Crippen LogP contribution in [0.4, 0.5) is 0 Å². The first-order chi connectivity index (χ1) is 9.58. The van der Waals surface area contributed by atoms with Gasteiger partial charge in [-0.15, -0.1) is 0 Å². The lowest BCUT2D eigenvalue weighted by molar-refractivity contribution is 0.0277. The fourth-order valence-corrected chi connectivity index (χ4v) is 3.82. The number of aliphatic hydroxyl groups is 1. The number of hydrogen-bond donors (Lipinski definition) is 1. The van der Waals surface area contributed by atoms with Gasteiger partial charge >= 0.3 is 0 Å². The third-order valence-corrected chi connectivity index (χ3v) is 5.27. The molecule has 1 aliphatic rings. The Morgan fingerprint density at radius 1 is 1.35 bits per heavy atom. The van der Waals surface area contributed by atoms with E-state index in [1.165, 1.54) is 12.1 Å². The molecule has 0 spiro atoms. The molecular weight excluding hydrogens is 318 g/mol. The van der Waals surface area contributed by atoms with Crippen LogP contribution in [0.2, 0.25) is 0 Å². The van der Waals surface area contributed by atoms with Crippen molar-refractivity contribution in [2.75, 3.05) is 7.05 Å². The van der Waals surface area contributed by atoms with Crippen LogP contribution in [0.15, 0.2) is 4.47 Å². The molecule has 0 aromatic carbocycles. The molecular formula is C15H26BrN3O. The van der Waals surface area contributed by atoms with Crippen LogP contribution in [0.1, 0.15) is 50.9 Å². The lowest BCUT2D eigenvalue weighted by Crippen LogP contribution is -2.43. The van der Waals surface area contributed by atoms with Gasteiger partial charge in [-0.1, -0.05) is 19.8 Å². The van der Waals surface area contributed by atoms with Crippen LogP contribution >= 0.6 is 15.9 Å². The number of halogens is 1. The third-order valence-electron chi connectivity index (χ3n) is 4.35. The van der Waals surface area contributed by atoms with Crippen LogP contribution in [0.3, 0.4) is 0 Å². The van der Waals surface area contributed by atoms with Gasteiger partial charge in [-0.2, -0.15) is 5.10 Å². The topological polar surface area (TPSA) is 41.3 Å². The molecule has 1 saturated carbocycles. The van der Waals surface area contributed by atoms with Gasteiger partial charge in [0.25, 0.3) is 0 Å². The number of likely N-dealkylation sites (N-methyl/N-ethyl adjacent to an activating group) is 1. The van der Waals surface area contributed by atoms with E-state index in [1.807, 2.05) is 0 Å². The Bertz CT molecular complexity index is 447. The highest BCUT2D eigenvalue weighted by molar-refractivity contribution is 9.10. The molecule has 1 N–H and O–H groups in total. The molecule has 1 aromatic rings. The first-order valence-electron chi connectivity index (χ1n) is 7.70. The average molecular weight is 344 g/mol. The summed E-state index contributed by atoms with van der Waals surface area (Å²) in [5.74, 6) is 0. The van der Waals surface area contributed by atoms with E-state index in [0.29, 0.717) is 0 Å². The predicted molar refractivity (Wildman–Crippen MR) is 84.7 cm³/mol. The maximum Gasteiger partial charge on any atom is 0.0767 e. The Labute approximate surface area is 130 Å². The van der Waals surface area contributed by atoms with Crippen molar-refractivity contribution >= 4 is 15.9 Å². The van der Waals surface area contributed by atoms with Crippen molar-refractivity contribution in [3.05, 3.63) is 15.9 Å². The molecule has 1 heterocycles. The van der Waals surface area contributed by atoms with E-state index in [2.05, 4.69) is 51.5 Å². The minimum Gasteiger partial charge on any atom is -0.391 e. The Hall–Kier alpha value is -0.390. The van der Waals surface area contributed by atoms with E-state index in [9.17, 15) is 5.11 Å². The van der Waals surface area contributed by atoms with E-state index >= 15 is 0 Å². The second-order valence-corrected chi connectivity index (χ2v) is 6.50. The van der Waals surface area contributed by atoms with Crippen molar-refractivity contribution in [2.45, 2.75) is 71.2 Å². The molecule has 2 atom stereocenters. The Balaban J connectivity index is 2.14. The molecule has 1 fully saturated rings. The summed E-state index contributed by atoms with van der Waals surface area (Å²) in [5.41, 5.74) is 2.35. The minimum atomic E-state index is -0.184. The van der Waals surface area contributed by atoms with Crippen molar-refractivity contribution in [3.63, 3.8) is 0 Å². The standard InChI is InChI=1S/C15H26BrN3O/c1-4-11-15(16)13(19(5-2)17-11)10-18(3)12-8-6-7-9-14(12)20/h12,14,20H,4-10H2,1-3H3. The molecule has 2 rings (SSSR count). The second kappa shape index (κ2) is 7.05. The van der Waals surface area contributed by atoms with E-state index in [4.69, 9.17) is 0 Å². The molecule has 0 bridgehead atoms. The smallest absolute Gasteiger partial charge is 0.0767 e. The second-order valence-electron chi connectivity index (χ2n) is 5.71. The molecule has 4 nitrogen and oxygen atoms in total. The Kier molecular flexibility index (Phi) is 5.64. The predicted octanol–water partition coefficient (Wildman–Crippen LogP) is 2.96. The van der Waals surface area contributed by atoms with Crippen LogP contribution < -0.4 is 0 Å². The summed E-state index contributed by atoms with van der Waals surface area (Å²) in [5, 5.41) is 14.8. The number of rotatable bonds is 5. The van der Waals surface area contributed by atoms with Gasteiger partial charge in [0.05, 0.1) is 22.0 Å². The highest BCUT2D eigenvalue weighted by atomic mass is 79.9. The van der Waals surface area contributed by atoms with Crippen molar-refractivity contribution in [2.24, 2.45) is 0 Å². The van der Waals surface area contributed by atoms with Gasteiger partial charge in [0.1, 0.15) is 0 Å². The summed E-state index contributed by atoms with van der Waals surface area (Å²) in [6, 6.07) is 0.279. The lowest BCUT2D eigenvalue weighted by atomic mass is 9.91. The molecule has 114 valence electrons. The lowest BCUT2D eigenvalue weighted by Gasteiger charge is -2.35. The SMILES string of the molecule is CCc1nn(CC)c(CN(C)C2CCCCC2O)c1Br. The van der Waals surface area contributed by atoms with Crippen LogP contribution in [0, 0.1) is 0 Å². The van der Waals surface area contributed by atoms with Crippen LogP contribution in [-0.4, -0.2) is 39.0 Å². The van der Waals surface area contributed by atoms with Gasteiger partial charge in [-0.25, -0.2) is 0 Å². The molecule has 0 radical (unpaired) electrons. The maximum atomic E-state index is 10.2. The van der Waals surface area contributed by atoms with E-state index < -0.39 is 0 Å². The molecule has 5 heteroatoms. The number of aromatic nitrogens is 2. The monoisotopic (exact) mass is 343 g/mol. The summed E-state index contributed by atoms with van der Waals surface area (Å²) in [6.07, 6.45) is 5.16. The molecule has 1 aromatic heterocycles. The van der Waals surface area contributed by atoms with Gasteiger partial charge < -0.3 is 5.11 Å². The summed E-state index contributed by atoms with van der Waals surface area (Å²) >= 11 is 3.70. The highest BCUT2D eigenvalue weighted by Gasteiger charge is 2.28. The van der Waals surface area contributed by atoms with E-state index in [-0.39, 0.29) is 12.1 Å². The molecule has 0 amide bonds. The fraction of sp³-hybridized carbons (Fsp3) is 0.800. The van der Waals surface area contributed by atoms with Crippen molar-refractivity contribution < 1.29 is 5.11 Å². The largest absolute Gasteiger partial charge is 0.391 e. The number of nitrogens with zero attached hydrogens (tertiary/aromatic N) is 3. The van der Waals surface area contributed by atoms with Crippen molar-refractivity contribution in [1.29, 1.82) is 0 Å². The maximum absolute atomic E-state index is 10.2. The molecule has 0 aliphatic heterocycles. The molecule has 0 saturated heterocycles. The summed E-state index contributed by atoms with van der Waals surface area (Å²) in [4.78, 5) is 2.29. The number of aryl methyl sites for hydroxylation is 2. The first kappa shape index (κ1) is 16.0. The molecule has 20 heavy (non-hydrogen) atoms. The van der Waals surface area contributed by atoms with Gasteiger partial charge in [0.15, 0.2) is 0 Å². The van der Waals surface area contributed by atoms with Gasteiger partial charge in [-0.05, 0) is 49.2 Å². The Morgan fingerprint density at radius 2 is 2.05 bits per heavy atom. The molecule has 2 unspecified atom stereocenters. The van der Waals surface area contributed by atoms with Crippen molar-refractivity contribution in [1.82, 2.24) is 14.7 Å². The Morgan fingerprint density at radius 3 is 2.65 bits per heavy atom. The molecule has 1 aliphatic carbocycles. The van der Waals surface area contributed by atoms with Gasteiger partial charge in [-0.3, -0.25) is 9.58 Å². The normalized spacial score (nSPS) is 23.5. The fourth-order valence-electron chi connectivity index (χ4n) is 3.13. The van der Waals surface area contributed by atoms with Crippen molar-refractivity contribution in [3.8, 4) is 0 Å². The van der Waals surface area contributed by atoms with Crippen LogP contribution in [-0.2, 0) is 19.5 Å². The zero-order valence-corrected chi connectivity index (χ0v) is 14.4. The summed E-state index contributed by atoms with van der Waals surface area (Å²) in [7, 11) is 2.12. The van der Waals surface area contributed by atoms with Crippen LogP contribution in [0.5, 0.6) is 0 Å². The highest BCUT2D eigenvalue weighted by Crippen LogP contribution is 2.27. The van der Waals surface area contributed by atoms with Crippen LogP contribution in [0.25, 0.3) is 0 Å². The minimum absolute atomic E-state index is 0.184. The number of hydrogen-bond acceptors (Lipinski definition) is 3. The quantitative estimate of drug-likeness (QED) is 0.893. The zero-order valence-electron chi connectivity index (χ0n) is 12.8. The zero-order chi connectivity index (χ0) is 14.7. The van der Waals surface area contributed by atoms with Gasteiger partial charge in [0.2, 0.25) is 0 Å². The summed E-state index contributed by atoms with van der Waals surface area (Å²) in [6.45, 7) is 5.97. The van der Waals surface area contributed by atoms with E-state index in [0.717, 1.165) is 48.9 Å². The van der Waals surface area contributed by atoms with Gasteiger partial charge in [0, 0.05) is 19.1 Å². The number of aliphatic hydroxyl groups excluding tert-OH is 1. The third kappa shape index (κ3) is 3.26.